The van der Waals surface area contributed by atoms with Gasteiger partial charge in [-0.25, -0.2) is 17.9 Å². The zero-order valence-corrected chi connectivity index (χ0v) is 13.0. The largest absolute Gasteiger partial charge is 0.385 e. The van der Waals surface area contributed by atoms with Gasteiger partial charge in [-0.3, -0.25) is 0 Å². The van der Waals surface area contributed by atoms with Gasteiger partial charge in [0.15, 0.2) is 0 Å². The molecule has 1 atom stereocenters. The van der Waals surface area contributed by atoms with Gasteiger partial charge in [-0.1, -0.05) is 0 Å². The molecule has 9 heteroatoms. The molecule has 0 aliphatic carbocycles. The molecule has 0 radical (unpaired) electrons. The maximum absolute atomic E-state index is 11.3. The first-order valence-electron chi connectivity index (χ1n) is 5.76. The lowest BCUT2D eigenvalue weighted by atomic mass is 10.2. The monoisotopic (exact) mass is 323 g/mol. The van der Waals surface area contributed by atoms with E-state index in [1.54, 1.807) is 13.2 Å². The molecule has 19 heavy (non-hydrogen) atoms. The number of nitrogens with two attached hydrogens (primary N) is 2. The van der Waals surface area contributed by atoms with E-state index in [0.29, 0.717) is 13.0 Å². The maximum atomic E-state index is 11.3. The van der Waals surface area contributed by atoms with Crippen molar-refractivity contribution in [3.8, 4) is 0 Å². The minimum absolute atomic E-state index is 0.114. The van der Waals surface area contributed by atoms with Crippen LogP contribution in [0.1, 0.15) is 12.0 Å². The molecule has 1 aromatic heterocycles. The minimum Gasteiger partial charge on any atom is -0.385 e. The van der Waals surface area contributed by atoms with E-state index in [1.807, 2.05) is 0 Å². The molecular weight excluding hydrogens is 306 g/mol. The first-order valence-corrected chi connectivity index (χ1v) is 8.90. The Kier molecular flexibility index (Phi) is 4.88. The van der Waals surface area contributed by atoms with Gasteiger partial charge >= 0.3 is 0 Å². The Labute approximate surface area is 121 Å². The molecule has 2 rings (SSSR count). The van der Waals surface area contributed by atoms with E-state index in [1.165, 1.54) is 23.3 Å². The molecule has 108 valence electrons. The molecule has 0 saturated heterocycles. The van der Waals surface area contributed by atoms with Crippen LogP contribution >= 0.6 is 23.3 Å². The smallest absolute Gasteiger partial charge is 0.247 e. The van der Waals surface area contributed by atoms with Crippen LogP contribution in [-0.2, 0) is 21.2 Å². The standard InChI is InChI=1S/C10H17N3O3S3/c1-16-4-2-3-13-8(11)5-7-6-9(19(12,14)15)17-10(7)18-13/h6,8H,2-5,11H2,1H3,(H2,12,14,15). The number of nitrogens with zero attached hydrogens (tertiary/aromatic N) is 1. The molecule has 0 spiro atoms. The summed E-state index contributed by atoms with van der Waals surface area (Å²) in [5, 5.41) is 5.15. The zero-order chi connectivity index (χ0) is 14.0. The van der Waals surface area contributed by atoms with E-state index < -0.39 is 10.0 Å². The van der Waals surface area contributed by atoms with Crippen molar-refractivity contribution in [1.29, 1.82) is 0 Å². The van der Waals surface area contributed by atoms with Crippen LogP contribution in [0.5, 0.6) is 0 Å². The van der Waals surface area contributed by atoms with E-state index in [0.717, 1.165) is 22.7 Å². The molecule has 0 saturated carbocycles. The highest BCUT2D eigenvalue weighted by Gasteiger charge is 2.28. The number of hydrogen-bond donors (Lipinski definition) is 2. The molecule has 0 bridgehead atoms. The third-order valence-corrected chi connectivity index (χ3v) is 6.74. The summed E-state index contributed by atoms with van der Waals surface area (Å²) >= 11 is 2.71. The summed E-state index contributed by atoms with van der Waals surface area (Å²) in [5.74, 6) is 0. The lowest BCUT2D eigenvalue weighted by Crippen LogP contribution is -2.41. The number of sulfonamides is 1. The van der Waals surface area contributed by atoms with E-state index in [2.05, 4.69) is 4.31 Å². The molecule has 0 aromatic carbocycles. The number of primary sulfonamides is 1. The fourth-order valence-electron chi connectivity index (χ4n) is 1.82. The van der Waals surface area contributed by atoms with Crippen LogP contribution in [0.25, 0.3) is 0 Å². The number of ether oxygens (including phenoxy) is 1. The lowest BCUT2D eigenvalue weighted by molar-refractivity contribution is 0.183. The molecule has 0 fully saturated rings. The molecule has 6 nitrogen and oxygen atoms in total. The Morgan fingerprint density at radius 2 is 2.32 bits per heavy atom. The van der Waals surface area contributed by atoms with Crippen molar-refractivity contribution in [1.82, 2.24) is 4.31 Å². The van der Waals surface area contributed by atoms with E-state index in [9.17, 15) is 8.42 Å². The average molecular weight is 323 g/mol. The molecule has 1 aliphatic heterocycles. The molecule has 1 unspecified atom stereocenters. The number of methoxy groups -OCH3 is 1. The topological polar surface area (TPSA) is 98.6 Å². The molecule has 0 amide bonds. The van der Waals surface area contributed by atoms with Crippen LogP contribution in [-0.4, -0.2) is 39.2 Å². The van der Waals surface area contributed by atoms with Gasteiger partial charge in [0.25, 0.3) is 0 Å². The predicted octanol–water partition coefficient (Wildman–Crippen LogP) is 0.582. The first kappa shape index (κ1) is 15.2. The average Bonchev–Trinajstić information content (AvgIpc) is 2.72. The number of hydrogen-bond acceptors (Lipinski definition) is 7. The Hall–Kier alpha value is -0.160. The van der Waals surface area contributed by atoms with Gasteiger partial charge in [0.2, 0.25) is 10.0 Å². The SMILES string of the molecule is COCCCN1Sc2sc(S(N)(=O)=O)cc2CC1N. The van der Waals surface area contributed by atoms with Gasteiger partial charge < -0.3 is 10.5 Å². The van der Waals surface area contributed by atoms with Crippen molar-refractivity contribution in [3.63, 3.8) is 0 Å². The van der Waals surface area contributed by atoms with Gasteiger partial charge in [0.05, 0.1) is 10.4 Å². The van der Waals surface area contributed by atoms with Gasteiger partial charge in [-0.2, -0.15) is 0 Å². The number of fused-ring (bicyclic) bond motifs is 1. The Morgan fingerprint density at radius 3 is 2.95 bits per heavy atom. The predicted molar refractivity (Wildman–Crippen MR) is 76.4 cm³/mol. The van der Waals surface area contributed by atoms with Crippen molar-refractivity contribution in [2.75, 3.05) is 20.3 Å². The highest BCUT2D eigenvalue weighted by atomic mass is 32.3. The fourth-order valence-corrected chi connectivity index (χ4v) is 5.27. The van der Waals surface area contributed by atoms with Gasteiger partial charge in [0, 0.05) is 26.7 Å². The van der Waals surface area contributed by atoms with E-state index >= 15 is 0 Å². The van der Waals surface area contributed by atoms with Crippen molar-refractivity contribution < 1.29 is 13.2 Å². The Morgan fingerprint density at radius 1 is 1.58 bits per heavy atom. The van der Waals surface area contributed by atoms with Crippen LogP contribution in [0.15, 0.2) is 14.5 Å². The second-order valence-corrected chi connectivity index (χ2v) is 8.43. The van der Waals surface area contributed by atoms with Crippen LogP contribution in [0.4, 0.5) is 0 Å². The molecular formula is C10H17N3O3S3. The third kappa shape index (κ3) is 3.69. The molecule has 2 heterocycles. The summed E-state index contributed by atoms with van der Waals surface area (Å²) in [4.78, 5) is 0. The summed E-state index contributed by atoms with van der Waals surface area (Å²) in [6.45, 7) is 1.49. The summed E-state index contributed by atoms with van der Waals surface area (Å²) in [7, 11) is -1.96. The molecule has 4 N–H and O–H groups in total. The second kappa shape index (κ2) is 6.08. The quantitative estimate of drug-likeness (QED) is 0.607. The highest BCUT2D eigenvalue weighted by molar-refractivity contribution is 7.99. The van der Waals surface area contributed by atoms with Crippen LogP contribution in [0.2, 0.25) is 0 Å². The van der Waals surface area contributed by atoms with E-state index in [4.69, 9.17) is 15.6 Å². The van der Waals surface area contributed by atoms with E-state index in [-0.39, 0.29) is 10.4 Å². The maximum Gasteiger partial charge on any atom is 0.247 e. The van der Waals surface area contributed by atoms with Crippen molar-refractivity contribution in [3.05, 3.63) is 11.6 Å². The van der Waals surface area contributed by atoms with Gasteiger partial charge in [-0.15, -0.1) is 11.3 Å². The van der Waals surface area contributed by atoms with Gasteiger partial charge in [0.1, 0.15) is 4.21 Å². The minimum atomic E-state index is -3.63. The Balaban J connectivity index is 2.11. The molecule has 1 aliphatic rings. The number of rotatable bonds is 5. The number of thiophene rings is 1. The zero-order valence-electron chi connectivity index (χ0n) is 10.5. The first-order chi connectivity index (χ1) is 8.91. The summed E-state index contributed by atoms with van der Waals surface area (Å²) in [6, 6.07) is 1.63. The summed E-state index contributed by atoms with van der Waals surface area (Å²) in [6.07, 6.45) is 1.42. The highest BCUT2D eigenvalue weighted by Crippen LogP contribution is 2.40. The third-order valence-electron chi connectivity index (χ3n) is 2.75. The van der Waals surface area contributed by atoms with Crippen molar-refractivity contribution in [2.24, 2.45) is 10.9 Å². The van der Waals surface area contributed by atoms with Gasteiger partial charge in [-0.05, 0) is 30.0 Å². The van der Waals surface area contributed by atoms with Crippen molar-refractivity contribution in [2.45, 2.75) is 27.4 Å². The van der Waals surface area contributed by atoms with Crippen molar-refractivity contribution >= 4 is 33.3 Å². The second-order valence-electron chi connectivity index (χ2n) is 4.27. The van der Waals surface area contributed by atoms with Crippen LogP contribution in [0.3, 0.4) is 0 Å². The lowest BCUT2D eigenvalue weighted by Gasteiger charge is -2.31. The normalized spacial score (nSPS) is 20.5. The summed E-state index contributed by atoms with van der Waals surface area (Å²) < 4.78 is 30.9. The van der Waals surface area contributed by atoms with Crippen LogP contribution < -0.4 is 10.9 Å². The summed E-state index contributed by atoms with van der Waals surface area (Å²) in [5.41, 5.74) is 7.05. The fraction of sp³-hybridized carbons (Fsp3) is 0.600. The van der Waals surface area contributed by atoms with Crippen LogP contribution in [0, 0.1) is 0 Å². The molecule has 1 aromatic rings. The Bertz CT molecular complexity index is 543.